The number of amides is 1. The molecule has 1 heterocycles. The number of nitrogens with zero attached hydrogens (tertiary/aromatic N) is 1. The Balaban J connectivity index is 1.72. The Bertz CT molecular complexity index is 1280. The summed E-state index contributed by atoms with van der Waals surface area (Å²) in [7, 11) is 7.82. The number of hydrogen-bond donors (Lipinski definition) is 0. The maximum Gasteiger partial charge on any atom is 0.254 e. The largest absolute Gasteiger partial charge is 0.493 e. The summed E-state index contributed by atoms with van der Waals surface area (Å²) in [4.78, 5) is 15.9. The first-order chi connectivity index (χ1) is 18.8. The van der Waals surface area contributed by atoms with Crippen LogP contribution >= 0.6 is 0 Å². The molecule has 39 heavy (non-hydrogen) atoms. The Morgan fingerprint density at radius 2 is 1.41 bits per heavy atom. The molecule has 208 valence electrons. The van der Waals surface area contributed by atoms with Crippen LogP contribution in [0.1, 0.15) is 52.9 Å². The number of ether oxygens (including phenoxy) is 6. The van der Waals surface area contributed by atoms with Crippen LogP contribution in [-0.2, 0) is 6.42 Å². The van der Waals surface area contributed by atoms with Gasteiger partial charge in [0.2, 0.25) is 5.75 Å². The van der Waals surface area contributed by atoms with Crippen molar-refractivity contribution in [3.63, 3.8) is 0 Å². The zero-order chi connectivity index (χ0) is 28.1. The molecule has 0 fully saturated rings. The zero-order valence-electron chi connectivity index (χ0n) is 23.7. The smallest absolute Gasteiger partial charge is 0.254 e. The molecule has 0 bridgehead atoms. The van der Waals surface area contributed by atoms with Gasteiger partial charge in [0.05, 0.1) is 41.6 Å². The molecule has 0 unspecified atom stereocenters. The minimum atomic E-state index is -0.370. The highest BCUT2D eigenvalue weighted by atomic mass is 16.5. The molecule has 0 radical (unpaired) electrons. The van der Waals surface area contributed by atoms with Crippen LogP contribution in [0.3, 0.4) is 0 Å². The van der Waals surface area contributed by atoms with E-state index in [1.807, 2.05) is 29.2 Å². The number of carbonyl (C=O) groups is 1. The first-order valence-electron chi connectivity index (χ1n) is 12.9. The normalized spacial score (nSPS) is 14.5. The number of carbonyl (C=O) groups excluding carboxylic acids is 1. The van der Waals surface area contributed by atoms with E-state index in [0.717, 1.165) is 16.9 Å². The van der Waals surface area contributed by atoms with Crippen molar-refractivity contribution in [3.05, 3.63) is 70.8 Å². The summed E-state index contributed by atoms with van der Waals surface area (Å²) in [5.41, 5.74) is 3.71. The summed E-state index contributed by atoms with van der Waals surface area (Å²) in [5, 5.41) is 0. The van der Waals surface area contributed by atoms with Gasteiger partial charge in [0.15, 0.2) is 23.0 Å². The fraction of sp³-hybridized carbons (Fsp3) is 0.387. The molecule has 1 aliphatic rings. The highest BCUT2D eigenvalue weighted by Gasteiger charge is 2.34. The second-order valence-corrected chi connectivity index (χ2v) is 9.62. The Morgan fingerprint density at radius 3 is 1.95 bits per heavy atom. The molecule has 1 amide bonds. The summed E-state index contributed by atoms with van der Waals surface area (Å²) < 4.78 is 33.8. The van der Waals surface area contributed by atoms with Crippen molar-refractivity contribution in [1.29, 1.82) is 0 Å². The van der Waals surface area contributed by atoms with E-state index >= 15 is 0 Å². The molecule has 0 N–H and O–H groups in total. The molecule has 0 aliphatic carbocycles. The van der Waals surface area contributed by atoms with Crippen LogP contribution in [-0.4, -0.2) is 59.5 Å². The van der Waals surface area contributed by atoms with Crippen LogP contribution < -0.4 is 28.4 Å². The number of rotatable bonds is 10. The molecule has 8 nitrogen and oxygen atoms in total. The second-order valence-electron chi connectivity index (χ2n) is 9.62. The fourth-order valence-corrected chi connectivity index (χ4v) is 4.95. The van der Waals surface area contributed by atoms with Crippen LogP contribution in [0.2, 0.25) is 0 Å². The first-order valence-corrected chi connectivity index (χ1v) is 12.9. The van der Waals surface area contributed by atoms with E-state index in [4.69, 9.17) is 28.4 Å². The number of fused-ring (bicyclic) bond motifs is 1. The standard InChI is InChI=1S/C31H37NO7/c1-19(2)20-8-10-23(11-9-20)39-18-25-24-17-27(35-4)26(34-3)14-21(24)12-13-32(25)31(33)22-15-28(36-5)30(38-7)29(16-22)37-6/h8-11,14-17,19,25H,12-13,18H2,1-7H3/t25-/m0/s1. The zero-order valence-corrected chi connectivity index (χ0v) is 23.7. The van der Waals surface area contributed by atoms with E-state index in [0.29, 0.717) is 53.2 Å². The third-order valence-electron chi connectivity index (χ3n) is 7.13. The van der Waals surface area contributed by atoms with Gasteiger partial charge in [0.1, 0.15) is 12.4 Å². The van der Waals surface area contributed by atoms with Crippen LogP contribution in [0, 0.1) is 0 Å². The minimum Gasteiger partial charge on any atom is -0.493 e. The average Bonchev–Trinajstić information content (AvgIpc) is 2.97. The number of benzene rings is 3. The van der Waals surface area contributed by atoms with Gasteiger partial charge in [-0.05, 0) is 65.4 Å². The van der Waals surface area contributed by atoms with Gasteiger partial charge in [-0.1, -0.05) is 26.0 Å². The summed E-state index contributed by atoms with van der Waals surface area (Å²) in [6, 6.07) is 15.0. The van der Waals surface area contributed by atoms with Gasteiger partial charge < -0.3 is 33.3 Å². The molecule has 8 heteroatoms. The maximum absolute atomic E-state index is 14.0. The third kappa shape index (κ3) is 5.70. The Hall–Kier alpha value is -4.07. The molecule has 3 aromatic carbocycles. The first kappa shape index (κ1) is 28.0. The van der Waals surface area contributed by atoms with Crippen molar-refractivity contribution in [2.45, 2.75) is 32.2 Å². The van der Waals surface area contributed by atoms with Gasteiger partial charge >= 0.3 is 0 Å². The molecule has 0 saturated heterocycles. The van der Waals surface area contributed by atoms with E-state index in [2.05, 4.69) is 26.0 Å². The average molecular weight is 536 g/mol. The summed E-state index contributed by atoms with van der Waals surface area (Å²) in [6.07, 6.45) is 0.658. The summed E-state index contributed by atoms with van der Waals surface area (Å²) >= 11 is 0. The van der Waals surface area contributed by atoms with E-state index < -0.39 is 0 Å². The SMILES string of the molecule is COc1cc2c(cc1OC)[C@H](COc1ccc(C(C)C)cc1)N(C(=O)c1cc(OC)c(OC)c(OC)c1)CC2. The number of methoxy groups -OCH3 is 5. The lowest BCUT2D eigenvalue weighted by molar-refractivity contribution is 0.0588. The molecule has 1 atom stereocenters. The van der Waals surface area contributed by atoms with Gasteiger partial charge in [-0.3, -0.25) is 4.79 Å². The van der Waals surface area contributed by atoms with Crippen LogP contribution in [0.15, 0.2) is 48.5 Å². The lowest BCUT2D eigenvalue weighted by Gasteiger charge is -2.38. The van der Waals surface area contributed by atoms with Gasteiger partial charge in [-0.2, -0.15) is 0 Å². The van der Waals surface area contributed by atoms with E-state index in [1.165, 1.54) is 26.9 Å². The van der Waals surface area contributed by atoms with E-state index in [9.17, 15) is 4.79 Å². The quantitative estimate of drug-likeness (QED) is 0.331. The Morgan fingerprint density at radius 1 is 0.821 bits per heavy atom. The molecule has 0 aromatic heterocycles. The van der Waals surface area contributed by atoms with Crippen molar-refractivity contribution in [2.75, 3.05) is 48.7 Å². The molecular weight excluding hydrogens is 498 g/mol. The summed E-state index contributed by atoms with van der Waals surface area (Å²) in [6.45, 7) is 5.07. The molecule has 4 rings (SSSR count). The Labute approximate surface area is 230 Å². The van der Waals surface area contributed by atoms with Gasteiger partial charge in [0.25, 0.3) is 5.91 Å². The van der Waals surface area contributed by atoms with E-state index in [1.54, 1.807) is 26.4 Å². The Kier molecular flexibility index (Phi) is 8.74. The van der Waals surface area contributed by atoms with Gasteiger partial charge in [0, 0.05) is 12.1 Å². The van der Waals surface area contributed by atoms with Crippen molar-refractivity contribution in [3.8, 4) is 34.5 Å². The fourth-order valence-electron chi connectivity index (χ4n) is 4.95. The molecule has 0 saturated carbocycles. The minimum absolute atomic E-state index is 0.168. The van der Waals surface area contributed by atoms with Crippen molar-refractivity contribution < 1.29 is 33.2 Å². The maximum atomic E-state index is 14.0. The molecule has 3 aromatic rings. The molecule has 0 spiro atoms. The lowest BCUT2D eigenvalue weighted by Crippen LogP contribution is -2.42. The molecular formula is C31H37NO7. The van der Waals surface area contributed by atoms with Crippen LogP contribution in [0.5, 0.6) is 34.5 Å². The van der Waals surface area contributed by atoms with Gasteiger partial charge in [-0.25, -0.2) is 0 Å². The lowest BCUT2D eigenvalue weighted by atomic mass is 9.91. The van der Waals surface area contributed by atoms with E-state index in [-0.39, 0.29) is 18.6 Å². The van der Waals surface area contributed by atoms with Gasteiger partial charge in [-0.15, -0.1) is 0 Å². The molecule has 1 aliphatic heterocycles. The van der Waals surface area contributed by atoms with Crippen molar-refractivity contribution in [1.82, 2.24) is 4.90 Å². The monoisotopic (exact) mass is 535 g/mol. The van der Waals surface area contributed by atoms with Crippen LogP contribution in [0.4, 0.5) is 0 Å². The predicted molar refractivity (Wildman–Crippen MR) is 149 cm³/mol. The second kappa shape index (κ2) is 12.2. The van der Waals surface area contributed by atoms with Crippen LogP contribution in [0.25, 0.3) is 0 Å². The summed E-state index contributed by atoms with van der Waals surface area (Å²) in [5.74, 6) is 3.53. The predicted octanol–water partition coefficient (Wildman–Crippen LogP) is 5.67. The van der Waals surface area contributed by atoms with Crippen molar-refractivity contribution in [2.24, 2.45) is 0 Å². The highest BCUT2D eigenvalue weighted by Crippen LogP contribution is 2.41. The highest BCUT2D eigenvalue weighted by molar-refractivity contribution is 5.96. The third-order valence-corrected chi connectivity index (χ3v) is 7.13. The topological polar surface area (TPSA) is 75.7 Å². The number of hydrogen-bond acceptors (Lipinski definition) is 7. The van der Waals surface area contributed by atoms with Crippen molar-refractivity contribution >= 4 is 5.91 Å².